The van der Waals surface area contributed by atoms with Crippen LogP contribution < -0.4 is 4.90 Å². The molecule has 1 saturated heterocycles. The van der Waals surface area contributed by atoms with E-state index in [1.54, 1.807) is 32.0 Å². The minimum atomic E-state index is -3.59. The maximum atomic E-state index is 12.7. The lowest BCUT2D eigenvalue weighted by atomic mass is 10.1. The normalized spacial score (nSPS) is 16.1. The second kappa shape index (κ2) is 10.4. The summed E-state index contributed by atoms with van der Waals surface area (Å²) >= 11 is 0. The Morgan fingerprint density at radius 2 is 1.80 bits per heavy atom. The maximum absolute atomic E-state index is 12.7. The predicted molar refractivity (Wildman–Crippen MR) is 129 cm³/mol. The molecule has 0 spiro atoms. The first-order valence-electron chi connectivity index (χ1n) is 11.4. The summed E-state index contributed by atoms with van der Waals surface area (Å²) in [7, 11) is -3.59. The number of esters is 1. The van der Waals surface area contributed by atoms with Crippen molar-refractivity contribution < 1.29 is 27.3 Å². The molecule has 0 aliphatic carbocycles. The lowest BCUT2D eigenvalue weighted by molar-refractivity contribution is -0.149. The standard InChI is InChI=1S/C25H27N3O6S/c1-3-27(4-2)35(31,32)22-12-10-21(11-13-22)28-16-19(14-24(28)29)25(30)33-17-20-15-23(34-26-20)18-8-6-5-7-9-18/h5-13,15,19H,3-4,14,16-17H2,1-2H3/t19-/m1/s1. The zero-order chi connectivity index (χ0) is 25.0. The highest BCUT2D eigenvalue weighted by Crippen LogP contribution is 2.28. The Bertz CT molecular complexity index is 1280. The average molecular weight is 498 g/mol. The Morgan fingerprint density at radius 1 is 1.11 bits per heavy atom. The fourth-order valence-electron chi connectivity index (χ4n) is 4.01. The molecule has 0 N–H and O–H groups in total. The third-order valence-corrected chi connectivity index (χ3v) is 7.99. The first kappa shape index (κ1) is 24.6. The molecule has 1 fully saturated rings. The van der Waals surface area contributed by atoms with Gasteiger partial charge in [-0.05, 0) is 24.3 Å². The predicted octanol–water partition coefficient (Wildman–Crippen LogP) is 3.47. The maximum Gasteiger partial charge on any atom is 0.311 e. The van der Waals surface area contributed by atoms with Crippen LogP contribution in [0.25, 0.3) is 11.3 Å². The molecule has 1 aromatic heterocycles. The van der Waals surface area contributed by atoms with Crippen LogP contribution in [0.3, 0.4) is 0 Å². The fraction of sp³-hybridized carbons (Fsp3) is 0.320. The van der Waals surface area contributed by atoms with E-state index in [0.29, 0.717) is 30.2 Å². The summed E-state index contributed by atoms with van der Waals surface area (Å²) in [6.07, 6.45) is 0.0202. The summed E-state index contributed by atoms with van der Waals surface area (Å²) in [4.78, 5) is 26.8. The molecule has 184 valence electrons. The van der Waals surface area contributed by atoms with E-state index in [1.807, 2.05) is 30.3 Å². The Hall–Kier alpha value is -3.50. The van der Waals surface area contributed by atoms with Gasteiger partial charge < -0.3 is 14.2 Å². The number of sulfonamides is 1. The van der Waals surface area contributed by atoms with Crippen molar-refractivity contribution in [2.24, 2.45) is 5.92 Å². The number of carbonyl (C=O) groups is 2. The molecule has 35 heavy (non-hydrogen) atoms. The minimum Gasteiger partial charge on any atom is -0.459 e. The summed E-state index contributed by atoms with van der Waals surface area (Å²) in [5, 5.41) is 3.94. The summed E-state index contributed by atoms with van der Waals surface area (Å²) < 4.78 is 37.4. The van der Waals surface area contributed by atoms with E-state index in [1.165, 1.54) is 21.3 Å². The summed E-state index contributed by atoms with van der Waals surface area (Å²) in [6.45, 7) is 4.41. The SMILES string of the molecule is CCN(CC)S(=O)(=O)c1ccc(N2C[C@H](C(=O)OCc3cc(-c4ccccc4)on3)CC2=O)cc1. The molecule has 10 heteroatoms. The van der Waals surface area contributed by atoms with Crippen molar-refractivity contribution in [3.05, 3.63) is 66.4 Å². The van der Waals surface area contributed by atoms with Crippen LogP contribution in [-0.2, 0) is 31.0 Å². The van der Waals surface area contributed by atoms with Gasteiger partial charge >= 0.3 is 5.97 Å². The summed E-state index contributed by atoms with van der Waals surface area (Å²) in [6, 6.07) is 17.3. The number of hydrogen-bond donors (Lipinski definition) is 0. The number of aromatic nitrogens is 1. The van der Waals surface area contributed by atoms with Gasteiger partial charge in [0.15, 0.2) is 5.76 Å². The highest BCUT2D eigenvalue weighted by molar-refractivity contribution is 7.89. The summed E-state index contributed by atoms with van der Waals surface area (Å²) in [5.41, 5.74) is 1.88. The van der Waals surface area contributed by atoms with Crippen molar-refractivity contribution in [3.63, 3.8) is 0 Å². The lowest BCUT2D eigenvalue weighted by Crippen LogP contribution is -2.30. The number of hydrogen-bond acceptors (Lipinski definition) is 7. The topological polar surface area (TPSA) is 110 Å². The van der Waals surface area contributed by atoms with Crippen molar-refractivity contribution in [2.45, 2.75) is 31.8 Å². The molecule has 3 aromatic rings. The van der Waals surface area contributed by atoms with Crippen molar-refractivity contribution >= 4 is 27.6 Å². The first-order chi connectivity index (χ1) is 16.8. The van der Waals surface area contributed by atoms with Crippen LogP contribution >= 0.6 is 0 Å². The highest BCUT2D eigenvalue weighted by Gasteiger charge is 2.36. The molecular weight excluding hydrogens is 470 g/mol. The van der Waals surface area contributed by atoms with Crippen molar-refractivity contribution in [1.82, 2.24) is 9.46 Å². The van der Waals surface area contributed by atoms with Gasteiger partial charge in [0.05, 0.1) is 10.8 Å². The molecular formula is C25H27N3O6S. The molecule has 1 aliphatic rings. The molecule has 1 aliphatic heterocycles. The van der Waals surface area contributed by atoms with Crippen LogP contribution in [0.4, 0.5) is 5.69 Å². The molecule has 9 nitrogen and oxygen atoms in total. The Morgan fingerprint density at radius 3 is 2.46 bits per heavy atom. The number of amides is 1. The monoisotopic (exact) mass is 497 g/mol. The van der Waals surface area contributed by atoms with Crippen molar-refractivity contribution in [2.75, 3.05) is 24.5 Å². The first-order valence-corrected chi connectivity index (χ1v) is 12.9. The van der Waals surface area contributed by atoms with Gasteiger partial charge in [-0.1, -0.05) is 49.3 Å². The van der Waals surface area contributed by atoms with Crippen LogP contribution in [0.2, 0.25) is 0 Å². The zero-order valence-electron chi connectivity index (χ0n) is 19.6. The molecule has 0 saturated carbocycles. The van der Waals surface area contributed by atoms with Gasteiger partial charge in [0.25, 0.3) is 0 Å². The van der Waals surface area contributed by atoms with Gasteiger partial charge in [0.1, 0.15) is 12.3 Å². The van der Waals surface area contributed by atoms with Gasteiger partial charge in [0, 0.05) is 43.4 Å². The number of carbonyl (C=O) groups excluding carboxylic acids is 2. The van der Waals surface area contributed by atoms with Crippen molar-refractivity contribution in [3.8, 4) is 11.3 Å². The molecule has 1 atom stereocenters. The van der Waals surface area contributed by atoms with E-state index >= 15 is 0 Å². The van der Waals surface area contributed by atoms with E-state index in [-0.39, 0.29) is 30.4 Å². The largest absolute Gasteiger partial charge is 0.459 e. The van der Waals surface area contributed by atoms with E-state index in [4.69, 9.17) is 9.26 Å². The van der Waals surface area contributed by atoms with Gasteiger partial charge in [-0.2, -0.15) is 4.31 Å². The highest BCUT2D eigenvalue weighted by atomic mass is 32.2. The molecule has 0 bridgehead atoms. The van der Waals surface area contributed by atoms with Crippen LogP contribution in [0.15, 0.2) is 70.1 Å². The quantitative estimate of drug-likeness (QED) is 0.416. The summed E-state index contributed by atoms with van der Waals surface area (Å²) in [5.74, 6) is -0.766. The van der Waals surface area contributed by atoms with Crippen LogP contribution in [-0.4, -0.2) is 49.4 Å². The third kappa shape index (κ3) is 5.28. The van der Waals surface area contributed by atoms with E-state index < -0.39 is 21.9 Å². The van der Waals surface area contributed by atoms with E-state index in [2.05, 4.69) is 5.16 Å². The van der Waals surface area contributed by atoms with Crippen LogP contribution in [0.1, 0.15) is 26.0 Å². The smallest absolute Gasteiger partial charge is 0.311 e. The molecule has 2 heterocycles. The third-order valence-electron chi connectivity index (χ3n) is 5.93. The van der Waals surface area contributed by atoms with Crippen LogP contribution in [0.5, 0.6) is 0 Å². The Kier molecular flexibility index (Phi) is 7.32. The minimum absolute atomic E-state index is 0.0202. The lowest BCUT2D eigenvalue weighted by Gasteiger charge is -2.20. The molecule has 0 unspecified atom stereocenters. The van der Waals surface area contributed by atoms with Gasteiger partial charge in [-0.3, -0.25) is 9.59 Å². The average Bonchev–Trinajstić information content (AvgIpc) is 3.51. The number of rotatable bonds is 9. The number of benzene rings is 2. The fourth-order valence-corrected chi connectivity index (χ4v) is 5.46. The van der Waals surface area contributed by atoms with E-state index in [0.717, 1.165) is 5.56 Å². The van der Waals surface area contributed by atoms with Gasteiger partial charge in [-0.15, -0.1) is 0 Å². The Labute approximate surface area is 204 Å². The number of anilines is 1. The van der Waals surface area contributed by atoms with Crippen molar-refractivity contribution in [1.29, 1.82) is 0 Å². The second-order valence-corrected chi connectivity index (χ2v) is 10.1. The molecule has 2 aromatic carbocycles. The zero-order valence-corrected chi connectivity index (χ0v) is 20.4. The molecule has 4 rings (SSSR count). The number of ether oxygens (including phenoxy) is 1. The van der Waals surface area contributed by atoms with Crippen LogP contribution in [0, 0.1) is 5.92 Å². The second-order valence-electron chi connectivity index (χ2n) is 8.14. The molecule has 0 radical (unpaired) electrons. The Balaban J connectivity index is 1.36. The van der Waals surface area contributed by atoms with Gasteiger partial charge in [-0.25, -0.2) is 8.42 Å². The number of nitrogens with zero attached hydrogens (tertiary/aromatic N) is 3. The van der Waals surface area contributed by atoms with E-state index in [9.17, 15) is 18.0 Å². The molecule has 1 amide bonds. The van der Waals surface area contributed by atoms with Gasteiger partial charge in [0.2, 0.25) is 15.9 Å².